The number of nitrogens with zero attached hydrogens (tertiary/aromatic N) is 4. The normalized spacial score (nSPS) is 20.1. The van der Waals surface area contributed by atoms with Crippen LogP contribution in [0.3, 0.4) is 0 Å². The van der Waals surface area contributed by atoms with Crippen LogP contribution in [0.25, 0.3) is 11.1 Å². The van der Waals surface area contributed by atoms with Crippen LogP contribution in [0.15, 0.2) is 59.1 Å². The van der Waals surface area contributed by atoms with Gasteiger partial charge in [-0.05, 0) is 72.6 Å². The topological polar surface area (TPSA) is 152 Å². The van der Waals surface area contributed by atoms with E-state index in [1.54, 1.807) is 12.1 Å². The van der Waals surface area contributed by atoms with Crippen molar-refractivity contribution in [2.45, 2.75) is 64.1 Å². The zero-order valence-corrected chi connectivity index (χ0v) is 27.3. The molecule has 3 aromatic rings. The summed E-state index contributed by atoms with van der Waals surface area (Å²) in [5.41, 5.74) is 3.21. The summed E-state index contributed by atoms with van der Waals surface area (Å²) >= 11 is 0. The number of likely N-dealkylation sites (tertiary alicyclic amines) is 2. The number of carbonyl (C=O) groups is 2. The van der Waals surface area contributed by atoms with Crippen molar-refractivity contribution in [3.63, 3.8) is 0 Å². The van der Waals surface area contributed by atoms with E-state index in [1.807, 2.05) is 63.2 Å². The number of rotatable bonds is 12. The Hall–Kier alpha value is -4.24. The van der Waals surface area contributed by atoms with Gasteiger partial charge in [-0.2, -0.15) is 5.26 Å². The number of aliphatic hydroxyl groups excluding tert-OH is 2. The summed E-state index contributed by atoms with van der Waals surface area (Å²) in [5, 5.41) is 36.3. The highest BCUT2D eigenvalue weighted by Crippen LogP contribution is 2.33. The number of β-amino-alcohol motifs (C(OH)–C–C–N with tert-alkyl or cyclic N) is 2. The maximum Gasteiger partial charge on any atom is 0.254 e. The van der Waals surface area contributed by atoms with Gasteiger partial charge in [0.25, 0.3) is 5.88 Å². The minimum absolute atomic E-state index is 0.0496. The fourth-order valence-corrected chi connectivity index (χ4v) is 6.60. The number of benzene rings is 2. The number of nitriles is 1. The van der Waals surface area contributed by atoms with E-state index in [4.69, 9.17) is 14.4 Å². The van der Waals surface area contributed by atoms with Crippen molar-refractivity contribution in [2.24, 2.45) is 11.8 Å². The standard InChI is InChI=1S/C36H45N5O6/c1-23(2)34(32-19-33(39-47-32)46-22-25-12-14-40(15-13-25)16-17-42)36(45)41-21-29(43)18-31(41)35(44)38-24(3)26-8-10-27(11-9-26)30-7-5-4-6-28(30)20-37/h4-11,19,23-25,29,31,34,42-43H,12-18,21-22H2,1-3H3,(H,38,44)/t24-,29+,31-,34+/m0/s1. The highest BCUT2D eigenvalue weighted by atomic mass is 16.5. The second-order valence-corrected chi connectivity index (χ2v) is 13.0. The third kappa shape index (κ3) is 8.19. The average Bonchev–Trinajstić information content (AvgIpc) is 3.71. The van der Waals surface area contributed by atoms with E-state index in [-0.39, 0.29) is 43.3 Å². The van der Waals surface area contributed by atoms with Crippen molar-refractivity contribution in [1.29, 1.82) is 5.26 Å². The van der Waals surface area contributed by atoms with Crippen LogP contribution in [-0.4, -0.2) is 88.5 Å². The molecule has 0 bridgehead atoms. The van der Waals surface area contributed by atoms with Gasteiger partial charge >= 0.3 is 0 Å². The molecule has 2 aromatic carbocycles. The summed E-state index contributed by atoms with van der Waals surface area (Å²) < 4.78 is 11.6. The maximum atomic E-state index is 14.0. The number of aliphatic hydroxyl groups is 2. The quantitative estimate of drug-likeness (QED) is 0.267. The molecular formula is C36H45N5O6. The summed E-state index contributed by atoms with van der Waals surface area (Å²) in [5.74, 6) is -0.446. The second-order valence-electron chi connectivity index (χ2n) is 13.0. The van der Waals surface area contributed by atoms with E-state index in [9.17, 15) is 20.0 Å². The largest absolute Gasteiger partial charge is 0.475 e. The fourth-order valence-electron chi connectivity index (χ4n) is 6.60. The van der Waals surface area contributed by atoms with Gasteiger partial charge in [0, 0.05) is 25.6 Å². The van der Waals surface area contributed by atoms with Gasteiger partial charge in [0.05, 0.1) is 37.0 Å². The average molecular weight is 644 g/mol. The first-order valence-electron chi connectivity index (χ1n) is 16.5. The van der Waals surface area contributed by atoms with Crippen molar-refractivity contribution >= 4 is 11.8 Å². The summed E-state index contributed by atoms with van der Waals surface area (Å²) in [6.07, 6.45) is 1.26. The molecule has 4 atom stereocenters. The van der Waals surface area contributed by atoms with Crippen LogP contribution >= 0.6 is 0 Å². The predicted molar refractivity (Wildman–Crippen MR) is 175 cm³/mol. The van der Waals surface area contributed by atoms with Gasteiger partial charge in [-0.15, -0.1) is 0 Å². The van der Waals surface area contributed by atoms with Crippen LogP contribution in [-0.2, 0) is 9.59 Å². The van der Waals surface area contributed by atoms with Gasteiger partial charge in [-0.1, -0.05) is 56.3 Å². The third-order valence-corrected chi connectivity index (χ3v) is 9.33. The molecule has 3 N–H and O–H groups in total. The minimum atomic E-state index is -0.835. The molecule has 11 heteroatoms. The van der Waals surface area contributed by atoms with Crippen LogP contribution < -0.4 is 10.1 Å². The zero-order chi connectivity index (χ0) is 33.5. The van der Waals surface area contributed by atoms with Crippen LogP contribution in [0.2, 0.25) is 0 Å². The first-order chi connectivity index (χ1) is 22.7. The van der Waals surface area contributed by atoms with E-state index >= 15 is 0 Å². The summed E-state index contributed by atoms with van der Waals surface area (Å²) in [6.45, 7) is 8.93. The number of hydrogen-bond donors (Lipinski definition) is 3. The third-order valence-electron chi connectivity index (χ3n) is 9.33. The lowest BCUT2D eigenvalue weighted by molar-refractivity contribution is -0.141. The molecule has 0 unspecified atom stereocenters. The Balaban J connectivity index is 1.21. The smallest absolute Gasteiger partial charge is 0.254 e. The van der Waals surface area contributed by atoms with Gasteiger partial charge in [-0.3, -0.25) is 9.59 Å². The lowest BCUT2D eigenvalue weighted by atomic mass is 9.91. The lowest BCUT2D eigenvalue weighted by Gasteiger charge is -2.30. The van der Waals surface area contributed by atoms with Crippen LogP contribution in [0.5, 0.6) is 5.88 Å². The monoisotopic (exact) mass is 643 g/mol. The van der Waals surface area contributed by atoms with Gasteiger partial charge in [0.1, 0.15) is 12.0 Å². The van der Waals surface area contributed by atoms with Gasteiger partial charge < -0.3 is 34.6 Å². The molecule has 2 aliphatic rings. The molecule has 0 radical (unpaired) electrons. The number of piperidine rings is 1. The summed E-state index contributed by atoms with van der Waals surface area (Å²) in [4.78, 5) is 31.3. The first kappa shape index (κ1) is 34.1. The highest BCUT2D eigenvalue weighted by molar-refractivity contribution is 5.91. The number of carbonyl (C=O) groups excluding carboxylic acids is 2. The maximum absolute atomic E-state index is 14.0. The molecule has 5 rings (SSSR count). The van der Waals surface area contributed by atoms with Crippen LogP contribution in [0.1, 0.15) is 68.9 Å². The highest BCUT2D eigenvalue weighted by Gasteiger charge is 2.43. The van der Waals surface area contributed by atoms with E-state index in [2.05, 4.69) is 21.4 Å². The van der Waals surface area contributed by atoms with Crippen molar-refractivity contribution in [3.05, 3.63) is 71.5 Å². The molecule has 2 fully saturated rings. The minimum Gasteiger partial charge on any atom is -0.475 e. The summed E-state index contributed by atoms with van der Waals surface area (Å²) in [6, 6.07) is 17.8. The predicted octanol–water partition coefficient (Wildman–Crippen LogP) is 3.88. The molecule has 0 saturated carbocycles. The van der Waals surface area contributed by atoms with Gasteiger partial charge in [0.15, 0.2) is 5.76 Å². The number of aromatic nitrogens is 1. The zero-order valence-electron chi connectivity index (χ0n) is 27.3. The summed E-state index contributed by atoms with van der Waals surface area (Å²) in [7, 11) is 0. The van der Waals surface area contributed by atoms with Gasteiger partial charge in [-0.25, -0.2) is 0 Å². The Labute approximate surface area is 276 Å². The molecule has 0 aliphatic carbocycles. The van der Waals surface area contributed by atoms with Crippen molar-refractivity contribution in [1.82, 2.24) is 20.3 Å². The van der Waals surface area contributed by atoms with Crippen LogP contribution in [0, 0.1) is 23.2 Å². The number of ether oxygens (including phenoxy) is 1. The Morgan fingerprint density at radius 2 is 1.85 bits per heavy atom. The van der Waals surface area contributed by atoms with Crippen molar-refractivity contribution in [3.8, 4) is 23.1 Å². The molecule has 2 amide bonds. The van der Waals surface area contributed by atoms with Crippen LogP contribution in [0.4, 0.5) is 0 Å². The Morgan fingerprint density at radius 3 is 2.53 bits per heavy atom. The molecule has 2 saturated heterocycles. The molecule has 1 aromatic heterocycles. The van der Waals surface area contributed by atoms with E-state index in [0.29, 0.717) is 36.3 Å². The molecule has 0 spiro atoms. The Bertz CT molecular complexity index is 1540. The van der Waals surface area contributed by atoms with E-state index < -0.39 is 18.1 Å². The molecule has 2 aliphatic heterocycles. The Morgan fingerprint density at radius 1 is 1.13 bits per heavy atom. The number of hydrogen-bond acceptors (Lipinski definition) is 9. The van der Waals surface area contributed by atoms with E-state index in [1.165, 1.54) is 4.90 Å². The van der Waals surface area contributed by atoms with Gasteiger partial charge in [0.2, 0.25) is 11.8 Å². The van der Waals surface area contributed by atoms with E-state index in [0.717, 1.165) is 42.6 Å². The number of amides is 2. The molecular weight excluding hydrogens is 598 g/mol. The fraction of sp³-hybridized carbons (Fsp3) is 0.500. The van der Waals surface area contributed by atoms with Crippen molar-refractivity contribution in [2.75, 3.05) is 39.4 Å². The molecule has 47 heavy (non-hydrogen) atoms. The number of nitrogens with one attached hydrogen (secondary N) is 1. The Kier molecular flexibility index (Phi) is 11.3. The lowest BCUT2D eigenvalue weighted by Crippen LogP contribution is -2.48. The first-order valence-corrected chi connectivity index (χ1v) is 16.5. The molecule has 11 nitrogen and oxygen atoms in total. The molecule has 250 valence electrons. The molecule has 3 heterocycles. The second kappa shape index (κ2) is 15.6. The SMILES string of the molecule is CC(C)[C@@H](C(=O)N1C[C@H](O)C[C@H]1C(=O)N[C@@H](C)c1ccc(-c2ccccc2C#N)cc1)c1cc(OCC2CCN(CCO)CC2)no1. The van der Waals surface area contributed by atoms with Crippen molar-refractivity contribution < 1.29 is 29.1 Å².